The fraction of sp³-hybridized carbons (Fsp3) is 0.0952. The van der Waals surface area contributed by atoms with Crippen molar-refractivity contribution in [2.75, 3.05) is 10.0 Å². The molecule has 0 fully saturated rings. The van der Waals surface area contributed by atoms with E-state index in [9.17, 15) is 22.0 Å². The summed E-state index contributed by atoms with van der Waals surface area (Å²) in [6, 6.07) is 13.3. The van der Waals surface area contributed by atoms with Crippen molar-refractivity contribution >= 4 is 27.3 Å². The van der Waals surface area contributed by atoms with Gasteiger partial charge in [-0.25, -0.2) is 17.2 Å². The second-order valence-corrected chi connectivity index (χ2v) is 8.16. The van der Waals surface area contributed by atoms with Crippen LogP contribution in [0, 0.1) is 25.5 Å². The Kier molecular flexibility index (Phi) is 5.65. The number of halogens is 2. The monoisotopic (exact) mass is 416 g/mol. The second-order valence-electron chi connectivity index (χ2n) is 6.47. The molecule has 3 rings (SSSR count). The number of amides is 1. The number of carbonyl (C=O) groups is 1. The minimum atomic E-state index is -4.03. The summed E-state index contributed by atoms with van der Waals surface area (Å²) in [5, 5.41) is 2.34. The molecule has 0 radical (unpaired) electrons. The molecule has 0 aliphatic heterocycles. The van der Waals surface area contributed by atoms with Gasteiger partial charge in [-0.1, -0.05) is 18.2 Å². The van der Waals surface area contributed by atoms with Crippen LogP contribution >= 0.6 is 0 Å². The zero-order chi connectivity index (χ0) is 21.2. The van der Waals surface area contributed by atoms with E-state index in [0.29, 0.717) is 5.69 Å². The molecule has 0 saturated carbocycles. The molecule has 0 bridgehead atoms. The number of nitrogens with one attached hydrogen (secondary N) is 2. The van der Waals surface area contributed by atoms with Crippen LogP contribution < -0.4 is 10.0 Å². The molecular weight excluding hydrogens is 398 g/mol. The van der Waals surface area contributed by atoms with E-state index in [-0.39, 0.29) is 16.1 Å². The molecule has 0 aliphatic carbocycles. The molecule has 150 valence electrons. The summed E-state index contributed by atoms with van der Waals surface area (Å²) in [7, 11) is -4.03. The predicted molar refractivity (Wildman–Crippen MR) is 107 cm³/mol. The molecule has 0 atom stereocenters. The summed E-state index contributed by atoms with van der Waals surface area (Å²) in [6.45, 7) is 3.53. The van der Waals surface area contributed by atoms with Gasteiger partial charge in [0.05, 0.1) is 16.3 Å². The van der Waals surface area contributed by atoms with Crippen molar-refractivity contribution in [3.8, 4) is 0 Å². The summed E-state index contributed by atoms with van der Waals surface area (Å²) in [5.74, 6) is -2.06. The van der Waals surface area contributed by atoms with Gasteiger partial charge in [0.15, 0.2) is 0 Å². The van der Waals surface area contributed by atoms with Crippen molar-refractivity contribution < 1.29 is 22.0 Å². The Labute approximate surface area is 167 Å². The zero-order valence-corrected chi connectivity index (χ0v) is 16.5. The predicted octanol–water partition coefficient (Wildman–Crippen LogP) is 4.63. The number of para-hydroxylation sites is 1. The molecule has 29 heavy (non-hydrogen) atoms. The first kappa shape index (κ1) is 20.5. The van der Waals surface area contributed by atoms with Crippen LogP contribution in [0.5, 0.6) is 0 Å². The smallest absolute Gasteiger partial charge is 0.262 e. The SMILES string of the molecule is Cc1cccc(C)c1NS(=O)(=O)c1ccc(NC(=O)c2ccc(F)cc2)c(F)c1. The van der Waals surface area contributed by atoms with E-state index in [0.717, 1.165) is 35.4 Å². The van der Waals surface area contributed by atoms with E-state index in [4.69, 9.17) is 0 Å². The van der Waals surface area contributed by atoms with Crippen LogP contribution in [0.1, 0.15) is 21.5 Å². The number of aryl methyl sites for hydroxylation is 2. The lowest BCUT2D eigenvalue weighted by molar-refractivity contribution is 0.102. The Morgan fingerprint density at radius 3 is 2.10 bits per heavy atom. The molecule has 0 aromatic heterocycles. The van der Waals surface area contributed by atoms with Crippen molar-refractivity contribution in [2.45, 2.75) is 18.7 Å². The standard InChI is InChI=1S/C21H18F2N2O3S/c1-13-4-3-5-14(2)20(13)25-29(27,28)17-10-11-19(18(23)12-17)24-21(26)15-6-8-16(22)9-7-15/h3-12,25H,1-2H3,(H,24,26). The van der Waals surface area contributed by atoms with Crippen LogP contribution in [0.15, 0.2) is 65.6 Å². The quantitative estimate of drug-likeness (QED) is 0.637. The molecule has 5 nitrogen and oxygen atoms in total. The summed E-state index contributed by atoms with van der Waals surface area (Å²) in [5.41, 5.74) is 1.85. The van der Waals surface area contributed by atoms with Crippen molar-refractivity contribution in [1.29, 1.82) is 0 Å². The van der Waals surface area contributed by atoms with Gasteiger partial charge in [-0.2, -0.15) is 0 Å². The number of hydrogen-bond donors (Lipinski definition) is 2. The van der Waals surface area contributed by atoms with Crippen molar-refractivity contribution in [3.63, 3.8) is 0 Å². The molecular formula is C21H18F2N2O3S. The van der Waals surface area contributed by atoms with Gasteiger partial charge >= 0.3 is 0 Å². The highest BCUT2D eigenvalue weighted by Gasteiger charge is 2.19. The highest BCUT2D eigenvalue weighted by atomic mass is 32.2. The summed E-state index contributed by atoms with van der Waals surface area (Å²) in [6.07, 6.45) is 0. The van der Waals surface area contributed by atoms with E-state index in [1.807, 2.05) is 0 Å². The maximum atomic E-state index is 14.5. The lowest BCUT2D eigenvalue weighted by Gasteiger charge is -2.14. The molecule has 1 amide bonds. The topological polar surface area (TPSA) is 75.3 Å². The van der Waals surface area contributed by atoms with E-state index < -0.39 is 27.6 Å². The first-order valence-corrected chi connectivity index (χ1v) is 10.1. The molecule has 0 spiro atoms. The molecule has 2 N–H and O–H groups in total. The summed E-state index contributed by atoms with van der Waals surface area (Å²) < 4.78 is 55.2. The number of hydrogen-bond acceptors (Lipinski definition) is 3. The molecule has 3 aromatic rings. The molecule has 0 saturated heterocycles. The number of rotatable bonds is 5. The Hall–Kier alpha value is -3.26. The maximum Gasteiger partial charge on any atom is 0.262 e. The number of carbonyl (C=O) groups excluding carboxylic acids is 1. The van der Waals surface area contributed by atoms with E-state index in [2.05, 4.69) is 10.0 Å². The highest BCUT2D eigenvalue weighted by Crippen LogP contribution is 2.25. The first-order valence-electron chi connectivity index (χ1n) is 8.63. The van der Waals surface area contributed by atoms with Crippen molar-refractivity contribution in [2.24, 2.45) is 0 Å². The summed E-state index contributed by atoms with van der Waals surface area (Å²) in [4.78, 5) is 11.9. The Bertz CT molecular complexity index is 1160. The Morgan fingerprint density at radius 1 is 0.897 bits per heavy atom. The lowest BCUT2D eigenvalue weighted by atomic mass is 10.1. The van der Waals surface area contributed by atoms with Gasteiger partial charge in [-0.15, -0.1) is 0 Å². The fourth-order valence-corrected chi connectivity index (χ4v) is 3.94. The zero-order valence-electron chi connectivity index (χ0n) is 15.7. The van der Waals surface area contributed by atoms with Crippen LogP contribution in [-0.2, 0) is 10.0 Å². The Balaban J connectivity index is 1.83. The van der Waals surface area contributed by atoms with Gasteiger partial charge < -0.3 is 5.32 Å². The second kappa shape index (κ2) is 8.00. The van der Waals surface area contributed by atoms with Crippen molar-refractivity contribution in [3.05, 3.63) is 89.0 Å². The molecule has 0 unspecified atom stereocenters. The van der Waals surface area contributed by atoms with Gasteiger partial charge in [-0.3, -0.25) is 9.52 Å². The van der Waals surface area contributed by atoms with Gasteiger partial charge in [0.1, 0.15) is 11.6 Å². The van der Waals surface area contributed by atoms with E-state index in [1.54, 1.807) is 32.0 Å². The normalized spacial score (nSPS) is 11.2. The molecule has 0 heterocycles. The summed E-state index contributed by atoms with van der Waals surface area (Å²) >= 11 is 0. The minimum absolute atomic E-state index is 0.138. The largest absolute Gasteiger partial charge is 0.319 e. The van der Waals surface area contributed by atoms with Gasteiger partial charge in [-0.05, 0) is 67.4 Å². The van der Waals surface area contributed by atoms with Crippen LogP contribution in [0.2, 0.25) is 0 Å². The van der Waals surface area contributed by atoms with Crippen LogP contribution in [0.4, 0.5) is 20.2 Å². The molecule has 0 aliphatic rings. The molecule has 8 heteroatoms. The van der Waals surface area contributed by atoms with Gasteiger partial charge in [0.2, 0.25) is 0 Å². The maximum absolute atomic E-state index is 14.5. The lowest BCUT2D eigenvalue weighted by Crippen LogP contribution is -2.16. The Morgan fingerprint density at radius 2 is 1.52 bits per heavy atom. The average Bonchev–Trinajstić information content (AvgIpc) is 2.67. The minimum Gasteiger partial charge on any atom is -0.319 e. The number of benzene rings is 3. The van der Waals surface area contributed by atoms with E-state index in [1.165, 1.54) is 18.2 Å². The van der Waals surface area contributed by atoms with Crippen LogP contribution in [-0.4, -0.2) is 14.3 Å². The van der Waals surface area contributed by atoms with E-state index >= 15 is 0 Å². The number of sulfonamides is 1. The first-order chi connectivity index (χ1) is 13.7. The number of anilines is 2. The van der Waals surface area contributed by atoms with Crippen LogP contribution in [0.3, 0.4) is 0 Å². The third-order valence-electron chi connectivity index (χ3n) is 4.32. The van der Waals surface area contributed by atoms with Crippen molar-refractivity contribution in [1.82, 2.24) is 0 Å². The highest BCUT2D eigenvalue weighted by molar-refractivity contribution is 7.92. The fourth-order valence-electron chi connectivity index (χ4n) is 2.73. The van der Waals surface area contributed by atoms with Gasteiger partial charge in [0, 0.05) is 5.56 Å². The third kappa shape index (κ3) is 4.60. The average molecular weight is 416 g/mol. The third-order valence-corrected chi connectivity index (χ3v) is 5.67. The van der Waals surface area contributed by atoms with Crippen LogP contribution in [0.25, 0.3) is 0 Å². The molecule has 3 aromatic carbocycles. The van der Waals surface area contributed by atoms with Gasteiger partial charge in [0.25, 0.3) is 15.9 Å².